The highest BCUT2D eigenvalue weighted by atomic mass is 35.5. The molecule has 2 saturated carbocycles. The van der Waals surface area contributed by atoms with Crippen molar-refractivity contribution in [1.29, 1.82) is 0 Å². The van der Waals surface area contributed by atoms with Crippen molar-refractivity contribution in [1.82, 2.24) is 4.90 Å². The van der Waals surface area contributed by atoms with Crippen molar-refractivity contribution < 1.29 is 14.3 Å². The van der Waals surface area contributed by atoms with Crippen molar-refractivity contribution in [2.75, 3.05) is 40.0 Å². The molecule has 0 spiro atoms. The largest absolute Gasteiger partial charge is 0.382 e. The van der Waals surface area contributed by atoms with Crippen LogP contribution in [0.5, 0.6) is 0 Å². The molecule has 3 rings (SSSR count). The van der Waals surface area contributed by atoms with Crippen molar-refractivity contribution in [2.45, 2.75) is 44.6 Å². The Morgan fingerprint density at radius 2 is 1.88 bits per heavy atom. The van der Waals surface area contributed by atoms with Crippen LogP contribution in [0.2, 0.25) is 0 Å². The van der Waals surface area contributed by atoms with Crippen LogP contribution in [0, 0.1) is 23.7 Å². The third-order valence-electron chi connectivity index (χ3n) is 6.15. The predicted octanol–water partition coefficient (Wildman–Crippen LogP) is 2.07. The number of nitrogens with zero attached hydrogens (tertiary/aromatic N) is 1. The molecule has 0 aromatic rings. The maximum absolute atomic E-state index is 12.9. The van der Waals surface area contributed by atoms with Gasteiger partial charge < -0.3 is 20.1 Å². The zero-order valence-corrected chi connectivity index (χ0v) is 15.6. The maximum atomic E-state index is 12.9. The number of carbonyl (C=O) groups excluding carboxylic acids is 1. The molecule has 3 atom stereocenters. The fourth-order valence-electron chi connectivity index (χ4n) is 4.81. The van der Waals surface area contributed by atoms with E-state index in [0.717, 1.165) is 39.0 Å². The first-order valence-corrected chi connectivity index (χ1v) is 9.30. The third kappa shape index (κ3) is 4.63. The smallest absolute Gasteiger partial charge is 0.225 e. The van der Waals surface area contributed by atoms with E-state index in [0.29, 0.717) is 42.9 Å². The van der Waals surface area contributed by atoms with E-state index in [9.17, 15) is 4.79 Å². The second-order valence-corrected chi connectivity index (χ2v) is 7.70. The van der Waals surface area contributed by atoms with Gasteiger partial charge in [-0.2, -0.15) is 0 Å². The lowest BCUT2D eigenvalue weighted by Gasteiger charge is -2.44. The number of likely N-dealkylation sites (tertiary alicyclic amines) is 1. The summed E-state index contributed by atoms with van der Waals surface area (Å²) in [6.07, 6.45) is 6.84. The van der Waals surface area contributed by atoms with E-state index in [1.54, 1.807) is 7.11 Å². The average Bonchev–Trinajstić information content (AvgIpc) is 2.99. The van der Waals surface area contributed by atoms with Crippen LogP contribution in [-0.4, -0.2) is 56.9 Å². The summed E-state index contributed by atoms with van der Waals surface area (Å²) in [7, 11) is 1.69. The molecule has 1 aliphatic heterocycles. The van der Waals surface area contributed by atoms with E-state index in [-0.39, 0.29) is 18.3 Å². The van der Waals surface area contributed by atoms with Gasteiger partial charge in [0.1, 0.15) is 0 Å². The van der Waals surface area contributed by atoms with Gasteiger partial charge in [0.15, 0.2) is 0 Å². The van der Waals surface area contributed by atoms with Crippen LogP contribution in [-0.2, 0) is 14.3 Å². The Morgan fingerprint density at radius 3 is 2.54 bits per heavy atom. The minimum absolute atomic E-state index is 0. The average molecular weight is 361 g/mol. The third-order valence-corrected chi connectivity index (χ3v) is 6.15. The minimum Gasteiger partial charge on any atom is -0.382 e. The fourth-order valence-corrected chi connectivity index (χ4v) is 4.81. The Labute approximate surface area is 152 Å². The van der Waals surface area contributed by atoms with Gasteiger partial charge in [0.2, 0.25) is 5.91 Å². The van der Waals surface area contributed by atoms with Gasteiger partial charge in [0.25, 0.3) is 0 Å². The standard InChI is InChI=1S/C18H32N2O3.ClH/c1-22-7-8-23-12-13-5-6-20(11-13)18(21)16-9-14-3-2-4-15(10-16)17(14)19;/h13-17H,2-12,19H2,1H3;1H. The number of amides is 1. The molecule has 2 N–H and O–H groups in total. The van der Waals surface area contributed by atoms with Gasteiger partial charge in [-0.3, -0.25) is 4.79 Å². The number of hydrogen-bond donors (Lipinski definition) is 1. The maximum Gasteiger partial charge on any atom is 0.225 e. The Balaban J connectivity index is 0.00000208. The minimum atomic E-state index is 0. The topological polar surface area (TPSA) is 64.8 Å². The lowest BCUT2D eigenvalue weighted by molar-refractivity contribution is -0.137. The van der Waals surface area contributed by atoms with Crippen molar-refractivity contribution >= 4 is 18.3 Å². The summed E-state index contributed by atoms with van der Waals surface area (Å²) < 4.78 is 10.6. The second-order valence-electron chi connectivity index (χ2n) is 7.70. The van der Waals surface area contributed by atoms with Crippen LogP contribution in [0.3, 0.4) is 0 Å². The normalized spacial score (nSPS) is 35.6. The zero-order valence-electron chi connectivity index (χ0n) is 14.8. The highest BCUT2D eigenvalue weighted by molar-refractivity contribution is 5.85. The summed E-state index contributed by atoms with van der Waals surface area (Å²) in [5, 5.41) is 0. The Morgan fingerprint density at radius 1 is 1.17 bits per heavy atom. The van der Waals surface area contributed by atoms with Gasteiger partial charge in [0, 0.05) is 38.1 Å². The molecule has 140 valence electrons. The quantitative estimate of drug-likeness (QED) is 0.736. The number of hydrogen-bond acceptors (Lipinski definition) is 4. The van der Waals surface area contributed by atoms with Crippen LogP contribution >= 0.6 is 12.4 Å². The SMILES string of the molecule is COCCOCC1CCN(C(=O)C2CC3CCCC(C2)C3N)C1.Cl. The number of fused-ring (bicyclic) bond motifs is 2. The van der Waals surface area contributed by atoms with E-state index in [4.69, 9.17) is 15.2 Å². The zero-order chi connectivity index (χ0) is 16.2. The molecule has 2 aliphatic carbocycles. The summed E-state index contributed by atoms with van der Waals surface area (Å²) in [6, 6.07) is 0.341. The summed E-state index contributed by atoms with van der Waals surface area (Å²) in [4.78, 5) is 15.0. The number of carbonyl (C=O) groups is 1. The first-order chi connectivity index (χ1) is 11.2. The predicted molar refractivity (Wildman–Crippen MR) is 96.2 cm³/mol. The van der Waals surface area contributed by atoms with Crippen LogP contribution in [0.1, 0.15) is 38.5 Å². The molecular weight excluding hydrogens is 328 g/mol. The summed E-state index contributed by atoms with van der Waals surface area (Å²) in [5.74, 6) is 2.24. The molecule has 0 radical (unpaired) electrons. The molecule has 1 amide bonds. The number of ether oxygens (including phenoxy) is 2. The van der Waals surface area contributed by atoms with E-state index in [2.05, 4.69) is 4.90 Å². The molecule has 24 heavy (non-hydrogen) atoms. The molecule has 3 fully saturated rings. The highest BCUT2D eigenvalue weighted by Gasteiger charge is 2.42. The molecule has 2 bridgehead atoms. The van der Waals surface area contributed by atoms with Gasteiger partial charge in [-0.25, -0.2) is 0 Å². The monoisotopic (exact) mass is 360 g/mol. The van der Waals surface area contributed by atoms with E-state index in [1.165, 1.54) is 19.3 Å². The molecule has 0 aromatic carbocycles. The Kier molecular flexibility index (Phi) is 7.79. The molecule has 1 saturated heterocycles. The van der Waals surface area contributed by atoms with Gasteiger partial charge >= 0.3 is 0 Å². The molecule has 1 heterocycles. The van der Waals surface area contributed by atoms with Crippen molar-refractivity contribution in [2.24, 2.45) is 29.4 Å². The van der Waals surface area contributed by atoms with E-state index < -0.39 is 0 Å². The molecular formula is C18H33ClN2O3. The fraction of sp³-hybridized carbons (Fsp3) is 0.944. The van der Waals surface area contributed by atoms with E-state index >= 15 is 0 Å². The van der Waals surface area contributed by atoms with Gasteiger partial charge in [-0.05, 0) is 43.9 Å². The Bertz CT molecular complexity index is 396. The second kappa shape index (κ2) is 9.37. The summed E-state index contributed by atoms with van der Waals surface area (Å²) >= 11 is 0. The first kappa shape index (κ1) is 20.0. The number of methoxy groups -OCH3 is 1. The van der Waals surface area contributed by atoms with Gasteiger partial charge in [0.05, 0.1) is 19.8 Å². The van der Waals surface area contributed by atoms with Crippen LogP contribution in [0.15, 0.2) is 0 Å². The molecule has 3 aliphatic rings. The number of rotatable bonds is 6. The Hall–Kier alpha value is -0.360. The van der Waals surface area contributed by atoms with Crippen molar-refractivity contribution in [3.8, 4) is 0 Å². The number of nitrogens with two attached hydrogens (primary N) is 1. The molecule has 3 unspecified atom stereocenters. The lowest BCUT2D eigenvalue weighted by atomic mass is 9.65. The molecule has 6 heteroatoms. The van der Waals surface area contributed by atoms with Crippen LogP contribution < -0.4 is 5.73 Å². The van der Waals surface area contributed by atoms with Crippen molar-refractivity contribution in [3.05, 3.63) is 0 Å². The van der Waals surface area contributed by atoms with Crippen LogP contribution in [0.4, 0.5) is 0 Å². The molecule has 0 aromatic heterocycles. The van der Waals surface area contributed by atoms with Gasteiger partial charge in [-0.1, -0.05) is 6.42 Å². The van der Waals surface area contributed by atoms with Gasteiger partial charge in [-0.15, -0.1) is 12.4 Å². The van der Waals surface area contributed by atoms with Crippen molar-refractivity contribution in [3.63, 3.8) is 0 Å². The summed E-state index contributed by atoms with van der Waals surface area (Å²) in [5.41, 5.74) is 6.35. The first-order valence-electron chi connectivity index (χ1n) is 9.30. The molecule has 5 nitrogen and oxygen atoms in total. The van der Waals surface area contributed by atoms with E-state index in [1.807, 2.05) is 0 Å². The summed E-state index contributed by atoms with van der Waals surface area (Å²) in [6.45, 7) is 3.79. The van der Waals surface area contributed by atoms with Crippen LogP contribution in [0.25, 0.3) is 0 Å². The highest BCUT2D eigenvalue weighted by Crippen LogP contribution is 2.42. The lowest BCUT2D eigenvalue weighted by Crippen LogP contribution is -2.49. The number of halogens is 1.